The van der Waals surface area contributed by atoms with E-state index in [1.54, 1.807) is 30.0 Å². The average Bonchev–Trinajstić information content (AvgIpc) is 3.51. The van der Waals surface area contributed by atoms with Gasteiger partial charge in [0.15, 0.2) is 0 Å². The van der Waals surface area contributed by atoms with Gasteiger partial charge in [-0.15, -0.1) is 0 Å². The minimum Gasteiger partial charge on any atom is -0.462 e. The van der Waals surface area contributed by atoms with E-state index in [2.05, 4.69) is 6.92 Å². The molecule has 5 nitrogen and oxygen atoms in total. The molecule has 0 radical (unpaired) electrons. The third-order valence-electron chi connectivity index (χ3n) is 6.41. The van der Waals surface area contributed by atoms with Crippen molar-refractivity contribution >= 4 is 29.3 Å². The second-order valence-electron chi connectivity index (χ2n) is 8.90. The van der Waals surface area contributed by atoms with Crippen LogP contribution in [0.25, 0.3) is 23.1 Å². The fourth-order valence-electron chi connectivity index (χ4n) is 4.28. The molecule has 0 aliphatic carbocycles. The second kappa shape index (κ2) is 10.2. The first-order chi connectivity index (χ1) is 17.9. The molecule has 184 valence electrons. The molecule has 0 bridgehead atoms. The van der Waals surface area contributed by atoms with Gasteiger partial charge in [0.2, 0.25) is 0 Å². The molecule has 1 aromatic heterocycles. The molecular formula is C32H27NO4. The summed E-state index contributed by atoms with van der Waals surface area (Å²) in [5.41, 5.74) is 6.76. The molecule has 1 aliphatic heterocycles. The van der Waals surface area contributed by atoms with Gasteiger partial charge in [0.1, 0.15) is 11.5 Å². The van der Waals surface area contributed by atoms with Crippen LogP contribution in [-0.2, 0) is 9.53 Å². The number of carbonyl (C=O) groups is 2. The van der Waals surface area contributed by atoms with E-state index in [1.165, 1.54) is 5.56 Å². The molecule has 0 atom stereocenters. The van der Waals surface area contributed by atoms with Gasteiger partial charge in [-0.1, -0.05) is 48.5 Å². The predicted molar refractivity (Wildman–Crippen MR) is 146 cm³/mol. The van der Waals surface area contributed by atoms with Crippen LogP contribution >= 0.6 is 0 Å². The van der Waals surface area contributed by atoms with Gasteiger partial charge in [0, 0.05) is 16.8 Å². The molecule has 1 amide bonds. The molecule has 0 N–H and O–H groups in total. The summed E-state index contributed by atoms with van der Waals surface area (Å²) in [6, 6.07) is 26.7. The minimum absolute atomic E-state index is 0.112. The first kappa shape index (κ1) is 24.1. The first-order valence-electron chi connectivity index (χ1n) is 12.2. The highest BCUT2D eigenvalue weighted by atomic mass is 16.5. The second-order valence-corrected chi connectivity index (χ2v) is 8.90. The lowest BCUT2D eigenvalue weighted by molar-refractivity contribution is -0.113. The number of anilines is 1. The molecule has 5 heteroatoms. The van der Waals surface area contributed by atoms with Crippen LogP contribution in [0.2, 0.25) is 0 Å². The standard InChI is InChI=1S/C32H27NO4/c1-4-36-32(35)25-13-11-24(12-14-25)30-17-16-28(37-30)19-26-20-29(23-8-6-5-7-9-23)33(31(26)34)27-15-10-21(2)22(3)18-27/h5-20H,4H2,1-3H3. The number of benzene rings is 3. The molecule has 1 aliphatic rings. The smallest absolute Gasteiger partial charge is 0.338 e. The van der Waals surface area contributed by atoms with Gasteiger partial charge in [-0.25, -0.2) is 4.79 Å². The van der Waals surface area contributed by atoms with Gasteiger partial charge >= 0.3 is 5.97 Å². The van der Waals surface area contributed by atoms with Crippen molar-refractivity contribution in [3.05, 3.63) is 125 Å². The number of carbonyl (C=O) groups excluding carboxylic acids is 2. The van der Waals surface area contributed by atoms with E-state index in [1.807, 2.05) is 85.8 Å². The molecule has 0 unspecified atom stereocenters. The maximum absolute atomic E-state index is 13.6. The molecule has 37 heavy (non-hydrogen) atoms. The number of ether oxygens (including phenoxy) is 1. The van der Waals surface area contributed by atoms with E-state index in [0.29, 0.717) is 29.3 Å². The number of nitrogens with zero attached hydrogens (tertiary/aromatic N) is 1. The quantitative estimate of drug-likeness (QED) is 0.212. The fourth-order valence-corrected chi connectivity index (χ4v) is 4.28. The van der Waals surface area contributed by atoms with Crippen molar-refractivity contribution in [2.45, 2.75) is 20.8 Å². The SMILES string of the molecule is CCOC(=O)c1ccc(-c2ccc(C=C3C=C(c4ccccc4)N(c4ccc(C)c(C)c4)C3=O)o2)cc1. The number of aryl methyl sites for hydroxylation is 2. The Labute approximate surface area is 216 Å². The summed E-state index contributed by atoms with van der Waals surface area (Å²) in [6.07, 6.45) is 3.67. The highest BCUT2D eigenvalue weighted by Gasteiger charge is 2.30. The summed E-state index contributed by atoms with van der Waals surface area (Å²) in [4.78, 5) is 27.3. The van der Waals surface area contributed by atoms with Crippen molar-refractivity contribution in [3.63, 3.8) is 0 Å². The van der Waals surface area contributed by atoms with Crippen LogP contribution in [-0.4, -0.2) is 18.5 Å². The fraction of sp³-hybridized carbons (Fsp3) is 0.125. The van der Waals surface area contributed by atoms with E-state index >= 15 is 0 Å². The first-order valence-corrected chi connectivity index (χ1v) is 12.2. The lowest BCUT2D eigenvalue weighted by Gasteiger charge is -2.21. The van der Waals surface area contributed by atoms with Crippen molar-refractivity contribution in [1.82, 2.24) is 0 Å². The molecule has 3 aromatic carbocycles. The topological polar surface area (TPSA) is 59.8 Å². The van der Waals surface area contributed by atoms with E-state index in [-0.39, 0.29) is 11.9 Å². The Bertz CT molecular complexity index is 1520. The van der Waals surface area contributed by atoms with Crippen LogP contribution in [0.4, 0.5) is 5.69 Å². The number of hydrogen-bond acceptors (Lipinski definition) is 4. The monoisotopic (exact) mass is 489 g/mol. The zero-order valence-electron chi connectivity index (χ0n) is 21.0. The van der Waals surface area contributed by atoms with Crippen molar-refractivity contribution in [2.24, 2.45) is 0 Å². The third-order valence-corrected chi connectivity index (χ3v) is 6.41. The summed E-state index contributed by atoms with van der Waals surface area (Å²) in [7, 11) is 0. The highest BCUT2D eigenvalue weighted by Crippen LogP contribution is 2.36. The maximum atomic E-state index is 13.6. The predicted octanol–water partition coefficient (Wildman–Crippen LogP) is 7.21. The highest BCUT2D eigenvalue weighted by molar-refractivity contribution is 6.23. The number of amides is 1. The van der Waals surface area contributed by atoms with Crippen LogP contribution in [0.1, 0.15) is 39.7 Å². The lowest BCUT2D eigenvalue weighted by atomic mass is 10.1. The number of hydrogen-bond donors (Lipinski definition) is 0. The summed E-state index contributed by atoms with van der Waals surface area (Å²) < 4.78 is 11.1. The summed E-state index contributed by atoms with van der Waals surface area (Å²) in [5.74, 6) is 0.747. The van der Waals surface area contributed by atoms with E-state index in [9.17, 15) is 9.59 Å². The van der Waals surface area contributed by atoms with E-state index < -0.39 is 0 Å². The summed E-state index contributed by atoms with van der Waals surface area (Å²) >= 11 is 0. The largest absolute Gasteiger partial charge is 0.462 e. The third kappa shape index (κ3) is 4.89. The molecule has 2 heterocycles. The Hall–Kier alpha value is -4.64. The number of rotatable bonds is 6. The summed E-state index contributed by atoms with van der Waals surface area (Å²) in [6.45, 7) is 6.21. The average molecular weight is 490 g/mol. The van der Waals surface area contributed by atoms with Gasteiger partial charge in [-0.05, 0) is 86.0 Å². The Morgan fingerprint density at radius 2 is 1.65 bits per heavy atom. The number of esters is 1. The molecule has 0 saturated carbocycles. The zero-order valence-corrected chi connectivity index (χ0v) is 21.0. The van der Waals surface area contributed by atoms with Crippen molar-refractivity contribution < 1.29 is 18.7 Å². The van der Waals surface area contributed by atoms with E-state index in [0.717, 1.165) is 28.1 Å². The zero-order chi connectivity index (χ0) is 25.9. The van der Waals surface area contributed by atoms with Gasteiger partial charge in [-0.2, -0.15) is 0 Å². The van der Waals surface area contributed by atoms with Crippen molar-refractivity contribution in [3.8, 4) is 11.3 Å². The van der Waals surface area contributed by atoms with Gasteiger partial charge in [-0.3, -0.25) is 9.69 Å². The molecule has 4 aromatic rings. The van der Waals surface area contributed by atoms with Gasteiger partial charge in [0.05, 0.1) is 17.9 Å². The molecular weight excluding hydrogens is 462 g/mol. The van der Waals surface area contributed by atoms with Crippen LogP contribution in [0, 0.1) is 13.8 Å². The minimum atomic E-state index is -0.354. The Balaban J connectivity index is 1.47. The van der Waals surface area contributed by atoms with Crippen molar-refractivity contribution in [2.75, 3.05) is 11.5 Å². The maximum Gasteiger partial charge on any atom is 0.338 e. The van der Waals surface area contributed by atoms with Crippen LogP contribution < -0.4 is 4.90 Å². The lowest BCUT2D eigenvalue weighted by Crippen LogP contribution is -2.25. The molecule has 0 spiro atoms. The molecule has 0 saturated heterocycles. The van der Waals surface area contributed by atoms with Crippen LogP contribution in [0.3, 0.4) is 0 Å². The number of furan rings is 1. The Morgan fingerprint density at radius 3 is 2.35 bits per heavy atom. The Morgan fingerprint density at radius 1 is 0.892 bits per heavy atom. The molecule has 5 rings (SSSR count). The van der Waals surface area contributed by atoms with Crippen LogP contribution in [0.5, 0.6) is 0 Å². The van der Waals surface area contributed by atoms with Gasteiger partial charge < -0.3 is 9.15 Å². The summed E-state index contributed by atoms with van der Waals surface area (Å²) in [5, 5.41) is 0. The normalized spacial score (nSPS) is 14.2. The molecule has 0 fully saturated rings. The van der Waals surface area contributed by atoms with E-state index in [4.69, 9.17) is 9.15 Å². The van der Waals surface area contributed by atoms with Crippen molar-refractivity contribution in [1.29, 1.82) is 0 Å². The van der Waals surface area contributed by atoms with Gasteiger partial charge in [0.25, 0.3) is 5.91 Å². The Kier molecular flexibility index (Phi) is 6.60. The van der Waals surface area contributed by atoms with Crippen LogP contribution in [0.15, 0.2) is 101 Å².